The van der Waals surface area contributed by atoms with E-state index >= 15 is 0 Å². The number of aliphatic hydroxyl groups is 1. The highest BCUT2D eigenvalue weighted by Crippen LogP contribution is 2.21. The molecule has 0 bridgehead atoms. The highest BCUT2D eigenvalue weighted by atomic mass is 16.4. The molecule has 0 aromatic carbocycles. The van der Waals surface area contributed by atoms with E-state index in [-0.39, 0.29) is 24.0 Å². The van der Waals surface area contributed by atoms with Gasteiger partial charge in [0.2, 0.25) is 0 Å². The van der Waals surface area contributed by atoms with Crippen molar-refractivity contribution in [3.8, 4) is 0 Å². The summed E-state index contributed by atoms with van der Waals surface area (Å²) in [5, 5.41) is 12.2. The van der Waals surface area contributed by atoms with Gasteiger partial charge in [0.1, 0.15) is 5.76 Å². The highest BCUT2D eigenvalue weighted by Gasteiger charge is 2.22. The average Bonchev–Trinajstić information content (AvgIpc) is 2.67. The number of hydrogen-bond acceptors (Lipinski definition) is 3. The fraction of sp³-hybridized carbons (Fsp3) is 0.667. The van der Waals surface area contributed by atoms with E-state index in [0.717, 1.165) is 24.2 Å². The van der Waals surface area contributed by atoms with Crippen molar-refractivity contribution in [2.45, 2.75) is 53.5 Å². The molecule has 19 heavy (non-hydrogen) atoms. The first-order valence-corrected chi connectivity index (χ1v) is 6.78. The van der Waals surface area contributed by atoms with Crippen LogP contribution in [0.2, 0.25) is 0 Å². The molecule has 4 nitrogen and oxygen atoms in total. The minimum Gasteiger partial charge on any atom is -0.456 e. The molecule has 0 saturated carbocycles. The third kappa shape index (κ3) is 4.71. The number of hydrogen-bond donors (Lipinski definition) is 2. The largest absolute Gasteiger partial charge is 0.456 e. The van der Waals surface area contributed by atoms with Gasteiger partial charge in [-0.3, -0.25) is 4.79 Å². The molecule has 0 aliphatic heterocycles. The molecule has 1 amide bonds. The van der Waals surface area contributed by atoms with Gasteiger partial charge >= 0.3 is 0 Å². The summed E-state index contributed by atoms with van der Waals surface area (Å²) in [5.74, 6) is 0.898. The third-order valence-electron chi connectivity index (χ3n) is 2.98. The Morgan fingerprint density at radius 3 is 2.53 bits per heavy atom. The van der Waals surface area contributed by atoms with Crippen molar-refractivity contribution in [1.82, 2.24) is 5.32 Å². The zero-order chi connectivity index (χ0) is 14.6. The summed E-state index contributed by atoms with van der Waals surface area (Å²) in [7, 11) is 0. The van der Waals surface area contributed by atoms with Gasteiger partial charge in [0, 0.05) is 6.42 Å². The molecular formula is C15H25NO3. The molecule has 0 spiro atoms. The maximum absolute atomic E-state index is 12.1. The Kier molecular flexibility index (Phi) is 5.18. The number of furan rings is 1. The van der Waals surface area contributed by atoms with E-state index in [2.05, 4.69) is 26.1 Å². The van der Waals surface area contributed by atoms with Gasteiger partial charge in [-0.1, -0.05) is 27.7 Å². The monoisotopic (exact) mass is 267 g/mol. The Morgan fingerprint density at radius 1 is 1.47 bits per heavy atom. The number of aryl methyl sites for hydroxylation is 2. The standard InChI is InChI=1S/C15H25NO3/c1-6-12-10(2)7-13(19-12)14(18)16-11(9-17)8-15(3,4)5/h7,11,17H,6,8-9H2,1-5H3,(H,16,18). The van der Waals surface area contributed by atoms with Crippen molar-refractivity contribution < 1.29 is 14.3 Å². The van der Waals surface area contributed by atoms with Crippen molar-refractivity contribution in [2.24, 2.45) is 5.41 Å². The summed E-state index contributed by atoms with van der Waals surface area (Å²) in [6.07, 6.45) is 1.49. The summed E-state index contributed by atoms with van der Waals surface area (Å²) in [4.78, 5) is 12.1. The number of carbonyl (C=O) groups excluding carboxylic acids is 1. The highest BCUT2D eigenvalue weighted by molar-refractivity contribution is 5.92. The molecule has 1 aromatic heterocycles. The first-order chi connectivity index (χ1) is 8.76. The molecule has 0 fully saturated rings. The Hall–Kier alpha value is -1.29. The molecule has 2 N–H and O–H groups in total. The molecule has 0 radical (unpaired) electrons. The van der Waals surface area contributed by atoms with E-state index in [0.29, 0.717) is 5.76 Å². The van der Waals surface area contributed by atoms with Gasteiger partial charge in [0.15, 0.2) is 5.76 Å². The molecule has 108 valence electrons. The van der Waals surface area contributed by atoms with Gasteiger partial charge in [-0.15, -0.1) is 0 Å². The maximum Gasteiger partial charge on any atom is 0.287 e. The van der Waals surface area contributed by atoms with Gasteiger partial charge in [0.25, 0.3) is 5.91 Å². The zero-order valence-corrected chi connectivity index (χ0v) is 12.5. The second kappa shape index (κ2) is 6.24. The lowest BCUT2D eigenvalue weighted by molar-refractivity contribution is 0.0868. The quantitative estimate of drug-likeness (QED) is 0.862. The molecule has 0 saturated heterocycles. The summed E-state index contributed by atoms with van der Waals surface area (Å²) in [6, 6.07) is 1.50. The summed E-state index contributed by atoms with van der Waals surface area (Å²) in [5.41, 5.74) is 1.04. The van der Waals surface area contributed by atoms with E-state index in [1.807, 2.05) is 13.8 Å². The normalized spacial score (nSPS) is 13.4. The van der Waals surface area contributed by atoms with Crippen LogP contribution in [0, 0.1) is 12.3 Å². The Morgan fingerprint density at radius 2 is 2.11 bits per heavy atom. The van der Waals surface area contributed by atoms with Gasteiger partial charge in [-0.2, -0.15) is 0 Å². The summed E-state index contributed by atoms with van der Waals surface area (Å²) in [6.45, 7) is 10.1. The summed E-state index contributed by atoms with van der Waals surface area (Å²) >= 11 is 0. The Balaban J connectivity index is 2.71. The van der Waals surface area contributed by atoms with Crippen LogP contribution in [0.25, 0.3) is 0 Å². The van der Waals surface area contributed by atoms with Gasteiger partial charge in [-0.05, 0) is 30.4 Å². The second-order valence-electron chi connectivity index (χ2n) is 6.19. The SMILES string of the molecule is CCc1oc(C(=O)NC(CO)CC(C)(C)C)cc1C. The average molecular weight is 267 g/mol. The first-order valence-electron chi connectivity index (χ1n) is 6.78. The number of amides is 1. The molecule has 1 atom stereocenters. The van der Waals surface area contributed by atoms with E-state index in [4.69, 9.17) is 4.42 Å². The summed E-state index contributed by atoms with van der Waals surface area (Å²) < 4.78 is 5.51. The minimum atomic E-state index is -0.258. The Bertz CT molecular complexity index is 429. The molecule has 0 aliphatic carbocycles. The Labute approximate surface area is 115 Å². The topological polar surface area (TPSA) is 62.5 Å². The van der Waals surface area contributed by atoms with Crippen LogP contribution >= 0.6 is 0 Å². The second-order valence-corrected chi connectivity index (χ2v) is 6.19. The predicted molar refractivity (Wildman–Crippen MR) is 75.2 cm³/mol. The number of rotatable bonds is 5. The third-order valence-corrected chi connectivity index (χ3v) is 2.98. The fourth-order valence-electron chi connectivity index (χ4n) is 2.14. The lowest BCUT2D eigenvalue weighted by atomic mass is 9.88. The van der Waals surface area contributed by atoms with E-state index < -0.39 is 0 Å². The van der Waals surface area contributed by atoms with Crippen LogP contribution in [-0.2, 0) is 6.42 Å². The van der Waals surface area contributed by atoms with E-state index in [1.54, 1.807) is 6.07 Å². The van der Waals surface area contributed by atoms with Crippen LogP contribution in [0.3, 0.4) is 0 Å². The number of carbonyl (C=O) groups is 1. The molecular weight excluding hydrogens is 242 g/mol. The molecule has 1 aromatic rings. The molecule has 0 aliphatic rings. The van der Waals surface area contributed by atoms with Gasteiger partial charge in [0.05, 0.1) is 12.6 Å². The maximum atomic E-state index is 12.1. The molecule has 4 heteroatoms. The van der Waals surface area contributed by atoms with Crippen molar-refractivity contribution in [2.75, 3.05) is 6.61 Å². The van der Waals surface area contributed by atoms with Crippen LogP contribution in [0.15, 0.2) is 10.5 Å². The van der Waals surface area contributed by atoms with Gasteiger partial charge < -0.3 is 14.8 Å². The molecule has 1 rings (SSSR count). The molecule has 1 unspecified atom stereocenters. The van der Waals surface area contributed by atoms with Crippen LogP contribution in [0.4, 0.5) is 0 Å². The van der Waals surface area contributed by atoms with Crippen molar-refractivity contribution >= 4 is 5.91 Å². The molecule has 1 heterocycles. The first kappa shape index (κ1) is 15.8. The number of aliphatic hydroxyl groups excluding tert-OH is 1. The predicted octanol–water partition coefficient (Wildman–Crippen LogP) is 2.68. The lowest BCUT2D eigenvalue weighted by Gasteiger charge is -2.25. The van der Waals surface area contributed by atoms with E-state index in [9.17, 15) is 9.90 Å². The van der Waals surface area contributed by atoms with Gasteiger partial charge in [-0.25, -0.2) is 0 Å². The van der Waals surface area contributed by atoms with Crippen LogP contribution < -0.4 is 5.32 Å². The lowest BCUT2D eigenvalue weighted by Crippen LogP contribution is -2.39. The zero-order valence-electron chi connectivity index (χ0n) is 12.5. The van der Waals surface area contributed by atoms with Crippen LogP contribution in [0.1, 0.15) is 56.0 Å². The van der Waals surface area contributed by atoms with E-state index in [1.165, 1.54) is 0 Å². The van der Waals surface area contributed by atoms with Crippen molar-refractivity contribution in [3.05, 3.63) is 23.2 Å². The minimum absolute atomic E-state index is 0.0499. The number of nitrogens with one attached hydrogen (secondary N) is 1. The van der Waals surface area contributed by atoms with Crippen LogP contribution in [-0.4, -0.2) is 23.7 Å². The fourth-order valence-corrected chi connectivity index (χ4v) is 2.14. The van der Waals surface area contributed by atoms with Crippen molar-refractivity contribution in [1.29, 1.82) is 0 Å². The van der Waals surface area contributed by atoms with Crippen molar-refractivity contribution in [3.63, 3.8) is 0 Å². The van der Waals surface area contributed by atoms with Crippen LogP contribution in [0.5, 0.6) is 0 Å². The smallest absolute Gasteiger partial charge is 0.287 e.